The molecule has 0 aromatic carbocycles. The zero-order valence-corrected chi connectivity index (χ0v) is 14.3. The maximum Gasteiger partial charge on any atom is 0.410 e. The van der Waals surface area contributed by atoms with Crippen LogP contribution in [-0.2, 0) is 10.3 Å². The minimum Gasteiger partial charge on any atom is -0.439 e. The summed E-state index contributed by atoms with van der Waals surface area (Å²) in [7, 11) is 1.74. The van der Waals surface area contributed by atoms with E-state index in [2.05, 4.69) is 20.8 Å². The summed E-state index contributed by atoms with van der Waals surface area (Å²) >= 11 is 0. The average molecular weight is 319 g/mol. The Labute approximate surface area is 137 Å². The second-order valence-corrected chi connectivity index (χ2v) is 7.72. The first kappa shape index (κ1) is 15.9. The lowest BCUT2D eigenvalue weighted by Crippen LogP contribution is -2.52. The van der Waals surface area contributed by atoms with Crippen LogP contribution in [0.1, 0.15) is 44.0 Å². The van der Waals surface area contributed by atoms with Gasteiger partial charge in [-0.25, -0.2) is 4.79 Å². The number of likely N-dealkylation sites (tertiary alicyclic amines) is 1. The third-order valence-electron chi connectivity index (χ3n) is 4.68. The molecule has 0 N–H and O–H groups in total. The van der Waals surface area contributed by atoms with E-state index in [1.807, 2.05) is 27.9 Å². The van der Waals surface area contributed by atoms with Gasteiger partial charge in [-0.15, -0.1) is 0 Å². The number of aromatic nitrogens is 1. The molecule has 0 unspecified atom stereocenters. The summed E-state index contributed by atoms with van der Waals surface area (Å²) in [6.07, 6.45) is 5.22. The molecule has 6 nitrogen and oxygen atoms in total. The molecule has 0 aliphatic carbocycles. The van der Waals surface area contributed by atoms with E-state index in [-0.39, 0.29) is 17.5 Å². The summed E-state index contributed by atoms with van der Waals surface area (Å²) in [5.74, 6) is 0.0117. The summed E-state index contributed by atoms with van der Waals surface area (Å²) in [6, 6.07) is 1.86. The van der Waals surface area contributed by atoms with Crippen LogP contribution < -0.4 is 0 Å². The molecule has 1 spiro atoms. The van der Waals surface area contributed by atoms with Gasteiger partial charge in [-0.05, 0) is 39.7 Å². The minimum atomic E-state index is -0.535. The van der Waals surface area contributed by atoms with E-state index >= 15 is 0 Å². The highest BCUT2D eigenvalue weighted by molar-refractivity contribution is 5.94. The molecule has 1 aromatic heterocycles. The Morgan fingerprint density at radius 3 is 2.61 bits per heavy atom. The summed E-state index contributed by atoms with van der Waals surface area (Å²) in [5.41, 5.74) is 0.104. The van der Waals surface area contributed by atoms with E-state index < -0.39 is 5.60 Å². The number of ether oxygens (including phenoxy) is 1. The number of carbonyl (C=O) groups is 2. The van der Waals surface area contributed by atoms with Gasteiger partial charge < -0.3 is 19.1 Å². The number of carbonyl (C=O) groups excluding carboxylic acids is 2. The number of hydrogen-bond acceptors (Lipinski definition) is 3. The van der Waals surface area contributed by atoms with Gasteiger partial charge in [0.1, 0.15) is 5.60 Å². The fraction of sp³-hybridized carbons (Fsp3) is 0.647. The normalized spacial score (nSPS) is 25.1. The molecular formula is C17H25N3O3. The Balaban J connectivity index is 1.75. The average Bonchev–Trinajstić information content (AvgIpc) is 3.04. The molecule has 2 saturated heterocycles. The van der Waals surface area contributed by atoms with Crippen molar-refractivity contribution in [2.75, 3.05) is 26.7 Å². The van der Waals surface area contributed by atoms with Crippen molar-refractivity contribution in [1.82, 2.24) is 14.4 Å². The van der Waals surface area contributed by atoms with Crippen LogP contribution in [0.25, 0.3) is 0 Å². The van der Waals surface area contributed by atoms with Crippen molar-refractivity contribution in [3.05, 3.63) is 24.0 Å². The molecule has 0 saturated carbocycles. The molecule has 6 heteroatoms. The first-order chi connectivity index (χ1) is 10.7. The van der Waals surface area contributed by atoms with E-state index in [1.165, 1.54) is 0 Å². The van der Waals surface area contributed by atoms with Crippen LogP contribution in [0.3, 0.4) is 0 Å². The van der Waals surface area contributed by atoms with Crippen LogP contribution in [0.5, 0.6) is 0 Å². The molecule has 2 fully saturated rings. The largest absolute Gasteiger partial charge is 0.439 e. The quantitative estimate of drug-likeness (QED) is 0.798. The Kier molecular flexibility index (Phi) is 3.65. The molecule has 23 heavy (non-hydrogen) atoms. The SMILES string of the molecule is CN1C[C@@]2(CCCN(C(=O)c3ccn(C(C)(C)C)c3)C2)OC1=O. The van der Waals surface area contributed by atoms with Crippen LogP contribution in [0.2, 0.25) is 0 Å². The van der Waals surface area contributed by atoms with Gasteiger partial charge >= 0.3 is 6.09 Å². The molecule has 0 bridgehead atoms. The van der Waals surface area contributed by atoms with E-state index in [4.69, 9.17) is 4.74 Å². The summed E-state index contributed by atoms with van der Waals surface area (Å²) in [6.45, 7) is 8.05. The topological polar surface area (TPSA) is 54.8 Å². The number of amides is 2. The predicted octanol–water partition coefficient (Wildman–Crippen LogP) is 2.30. The maximum atomic E-state index is 12.8. The molecule has 2 amide bonds. The molecule has 2 aliphatic rings. The predicted molar refractivity (Wildman–Crippen MR) is 86.4 cm³/mol. The van der Waals surface area contributed by atoms with E-state index in [9.17, 15) is 9.59 Å². The molecule has 126 valence electrons. The smallest absolute Gasteiger partial charge is 0.410 e. The standard InChI is InChI=1S/C17H25N3O3/c1-16(2,3)20-9-6-13(10-20)14(21)19-8-5-7-17(12-19)11-18(4)15(22)23-17/h6,9-10H,5,7-8,11-12H2,1-4H3/t17-/m1/s1. The summed E-state index contributed by atoms with van der Waals surface area (Å²) in [4.78, 5) is 27.9. The van der Waals surface area contributed by atoms with Gasteiger partial charge in [0.2, 0.25) is 0 Å². The molecule has 1 aromatic rings. The molecule has 1 atom stereocenters. The first-order valence-electron chi connectivity index (χ1n) is 8.12. The number of hydrogen-bond donors (Lipinski definition) is 0. The Morgan fingerprint density at radius 2 is 2.04 bits per heavy atom. The highest BCUT2D eigenvalue weighted by Gasteiger charge is 2.47. The van der Waals surface area contributed by atoms with E-state index in [0.29, 0.717) is 25.2 Å². The van der Waals surface area contributed by atoms with Crippen molar-refractivity contribution >= 4 is 12.0 Å². The van der Waals surface area contributed by atoms with E-state index in [1.54, 1.807) is 11.9 Å². The number of nitrogens with zero attached hydrogens (tertiary/aromatic N) is 3. The van der Waals surface area contributed by atoms with Crippen LogP contribution in [0.15, 0.2) is 18.5 Å². The lowest BCUT2D eigenvalue weighted by atomic mass is 9.92. The maximum absolute atomic E-state index is 12.8. The second kappa shape index (κ2) is 5.28. The highest BCUT2D eigenvalue weighted by Crippen LogP contribution is 2.32. The van der Waals surface area contributed by atoms with Crippen molar-refractivity contribution in [3.8, 4) is 0 Å². The molecule has 3 heterocycles. The van der Waals surface area contributed by atoms with Gasteiger partial charge in [0.05, 0.1) is 18.7 Å². The van der Waals surface area contributed by atoms with Crippen molar-refractivity contribution in [2.24, 2.45) is 0 Å². The number of rotatable bonds is 1. The van der Waals surface area contributed by atoms with Gasteiger partial charge in [-0.2, -0.15) is 0 Å². The zero-order chi connectivity index (χ0) is 16.8. The monoisotopic (exact) mass is 319 g/mol. The van der Waals surface area contributed by atoms with Gasteiger partial charge in [0.15, 0.2) is 0 Å². The lowest BCUT2D eigenvalue weighted by Gasteiger charge is -2.38. The van der Waals surface area contributed by atoms with Crippen LogP contribution >= 0.6 is 0 Å². The van der Waals surface area contributed by atoms with Crippen molar-refractivity contribution in [1.29, 1.82) is 0 Å². The van der Waals surface area contributed by atoms with Crippen molar-refractivity contribution < 1.29 is 14.3 Å². The first-order valence-corrected chi connectivity index (χ1v) is 8.12. The summed E-state index contributed by atoms with van der Waals surface area (Å²) < 4.78 is 7.61. The number of likely N-dealkylation sites (N-methyl/N-ethyl adjacent to an activating group) is 1. The molecule has 2 aliphatic heterocycles. The third-order valence-corrected chi connectivity index (χ3v) is 4.68. The van der Waals surface area contributed by atoms with Crippen LogP contribution in [0.4, 0.5) is 4.79 Å². The Hall–Kier alpha value is -1.98. The van der Waals surface area contributed by atoms with Crippen molar-refractivity contribution in [2.45, 2.75) is 44.8 Å². The minimum absolute atomic E-state index is 0.0117. The van der Waals surface area contributed by atoms with Gasteiger partial charge in [-0.1, -0.05) is 0 Å². The van der Waals surface area contributed by atoms with Gasteiger partial charge in [0, 0.05) is 31.5 Å². The fourth-order valence-corrected chi connectivity index (χ4v) is 3.40. The van der Waals surface area contributed by atoms with Crippen LogP contribution in [-0.4, -0.2) is 58.7 Å². The highest BCUT2D eigenvalue weighted by atomic mass is 16.6. The van der Waals surface area contributed by atoms with Crippen molar-refractivity contribution in [3.63, 3.8) is 0 Å². The Morgan fingerprint density at radius 1 is 1.30 bits per heavy atom. The fourth-order valence-electron chi connectivity index (χ4n) is 3.40. The second-order valence-electron chi connectivity index (χ2n) is 7.72. The van der Waals surface area contributed by atoms with Gasteiger partial charge in [-0.3, -0.25) is 4.79 Å². The summed E-state index contributed by atoms with van der Waals surface area (Å²) in [5, 5.41) is 0. The molecule has 3 rings (SSSR count). The molecule has 0 radical (unpaired) electrons. The van der Waals surface area contributed by atoms with Crippen LogP contribution in [0, 0.1) is 0 Å². The zero-order valence-electron chi connectivity index (χ0n) is 14.3. The number of piperidine rings is 1. The Bertz CT molecular complexity index is 631. The third kappa shape index (κ3) is 2.94. The van der Waals surface area contributed by atoms with Gasteiger partial charge in [0.25, 0.3) is 5.91 Å². The molecular weight excluding hydrogens is 294 g/mol. The van der Waals surface area contributed by atoms with E-state index in [0.717, 1.165) is 12.8 Å². The lowest BCUT2D eigenvalue weighted by molar-refractivity contribution is -0.00521.